The van der Waals surface area contributed by atoms with Gasteiger partial charge in [-0.3, -0.25) is 0 Å². The van der Waals surface area contributed by atoms with Crippen molar-refractivity contribution in [3.63, 3.8) is 0 Å². The Morgan fingerprint density at radius 1 is 1.88 bits per heavy atom. The third-order valence-electron chi connectivity index (χ3n) is 0.922. The van der Waals surface area contributed by atoms with Gasteiger partial charge in [-0.1, -0.05) is 13.5 Å². The summed E-state index contributed by atoms with van der Waals surface area (Å²) in [7, 11) is 0. The summed E-state index contributed by atoms with van der Waals surface area (Å²) in [4.78, 5) is 0. The Kier molecular flexibility index (Phi) is 3.28. The highest BCUT2D eigenvalue weighted by atomic mass is 16.3. The molecule has 0 aliphatic heterocycles. The summed E-state index contributed by atoms with van der Waals surface area (Å²) in [5, 5.41) is 8.49. The van der Waals surface area contributed by atoms with Gasteiger partial charge in [0.05, 0.1) is 0 Å². The van der Waals surface area contributed by atoms with Crippen molar-refractivity contribution in [3.05, 3.63) is 12.3 Å². The van der Waals surface area contributed by atoms with Crippen molar-refractivity contribution in [2.45, 2.75) is 13.3 Å². The molecular weight excluding hydrogens is 102 g/mol. The van der Waals surface area contributed by atoms with Gasteiger partial charge in [-0.2, -0.15) is 0 Å². The average Bonchev–Trinajstić information content (AvgIpc) is 1.65. The minimum atomic E-state index is 0.191. The Morgan fingerprint density at radius 3 is 2.50 bits per heavy atom. The zero-order valence-electron chi connectivity index (χ0n) is 5.22. The number of hydrogen-bond acceptors (Lipinski definition) is 2. The van der Waals surface area contributed by atoms with Crippen LogP contribution in [0.4, 0.5) is 0 Å². The molecule has 0 aromatic carbocycles. The Labute approximate surface area is 50.0 Å². The van der Waals surface area contributed by atoms with E-state index in [0.717, 1.165) is 6.42 Å². The highest BCUT2D eigenvalue weighted by molar-refractivity contribution is 4.87. The van der Waals surface area contributed by atoms with Gasteiger partial charge in [-0.25, -0.2) is 0 Å². The number of aliphatic hydroxyl groups excluding tert-OH is 1. The fraction of sp³-hybridized carbons (Fsp3) is 0.667. The fourth-order valence-corrected chi connectivity index (χ4v) is 0.512. The highest BCUT2D eigenvalue weighted by Crippen LogP contribution is 2.02. The predicted octanol–water partition coefficient (Wildman–Crippen LogP) is 0.477. The monoisotopic (exact) mass is 115 g/mol. The van der Waals surface area contributed by atoms with Crippen LogP contribution in [0.1, 0.15) is 13.3 Å². The second-order valence-electron chi connectivity index (χ2n) is 2.15. The van der Waals surface area contributed by atoms with Crippen LogP contribution in [0.15, 0.2) is 12.3 Å². The van der Waals surface area contributed by atoms with Gasteiger partial charge in [0.2, 0.25) is 0 Å². The lowest BCUT2D eigenvalue weighted by molar-refractivity contribution is 0.236. The van der Waals surface area contributed by atoms with Crippen LogP contribution in [0.2, 0.25) is 0 Å². The van der Waals surface area contributed by atoms with Gasteiger partial charge in [0.1, 0.15) is 0 Å². The number of nitrogens with two attached hydrogens (primary N) is 1. The van der Waals surface area contributed by atoms with Crippen LogP contribution < -0.4 is 5.73 Å². The first-order valence-electron chi connectivity index (χ1n) is 2.71. The van der Waals surface area contributed by atoms with Crippen LogP contribution in [-0.4, -0.2) is 11.7 Å². The molecule has 0 aromatic heterocycles. The molecule has 0 radical (unpaired) electrons. The first-order valence-corrected chi connectivity index (χ1v) is 2.71. The van der Waals surface area contributed by atoms with Gasteiger partial charge in [0.25, 0.3) is 0 Å². The van der Waals surface area contributed by atoms with Crippen molar-refractivity contribution in [3.8, 4) is 0 Å². The second kappa shape index (κ2) is 3.50. The molecular formula is C6H13NO. The zero-order chi connectivity index (χ0) is 6.57. The van der Waals surface area contributed by atoms with Crippen molar-refractivity contribution in [2.24, 2.45) is 11.7 Å². The number of allylic oxidation sites excluding steroid dienone is 1. The van der Waals surface area contributed by atoms with Crippen LogP contribution in [-0.2, 0) is 0 Å². The molecule has 0 bridgehead atoms. The maximum absolute atomic E-state index is 8.49. The van der Waals surface area contributed by atoms with E-state index in [1.807, 2.05) is 6.92 Å². The van der Waals surface area contributed by atoms with Crippen LogP contribution in [0, 0.1) is 5.92 Å². The van der Waals surface area contributed by atoms with E-state index in [9.17, 15) is 0 Å². The van der Waals surface area contributed by atoms with E-state index in [4.69, 9.17) is 10.8 Å². The number of aliphatic hydroxyl groups is 1. The Morgan fingerprint density at radius 2 is 2.38 bits per heavy atom. The standard InChI is InChI=1S/C6H13NO/c1-5(4-8)3-6(2)7/h5,8H,2-4,7H2,1H3. The van der Waals surface area contributed by atoms with Gasteiger partial charge in [-0.15, -0.1) is 0 Å². The highest BCUT2D eigenvalue weighted by Gasteiger charge is 1.97. The second-order valence-corrected chi connectivity index (χ2v) is 2.15. The molecule has 3 N–H and O–H groups in total. The molecule has 0 aromatic rings. The quantitative estimate of drug-likeness (QED) is 0.562. The van der Waals surface area contributed by atoms with E-state index >= 15 is 0 Å². The SMILES string of the molecule is C=C(N)CC(C)CO. The molecule has 48 valence electrons. The van der Waals surface area contributed by atoms with Crippen molar-refractivity contribution in [1.29, 1.82) is 0 Å². The summed E-state index contributed by atoms with van der Waals surface area (Å²) in [6.07, 6.45) is 0.719. The lowest BCUT2D eigenvalue weighted by Crippen LogP contribution is -2.05. The molecule has 2 heteroatoms. The van der Waals surface area contributed by atoms with Gasteiger partial charge < -0.3 is 10.8 Å². The maximum Gasteiger partial charge on any atom is 0.0460 e. The summed E-state index contributed by atoms with van der Waals surface area (Å²) in [5.41, 5.74) is 5.91. The van der Waals surface area contributed by atoms with Gasteiger partial charge in [0.15, 0.2) is 0 Å². The van der Waals surface area contributed by atoms with Gasteiger partial charge in [0, 0.05) is 12.3 Å². The van der Waals surface area contributed by atoms with E-state index in [-0.39, 0.29) is 12.5 Å². The fourth-order valence-electron chi connectivity index (χ4n) is 0.512. The number of hydrogen-bond donors (Lipinski definition) is 2. The van der Waals surface area contributed by atoms with Gasteiger partial charge in [-0.05, 0) is 12.3 Å². The van der Waals surface area contributed by atoms with Crippen molar-refractivity contribution in [2.75, 3.05) is 6.61 Å². The summed E-state index contributed by atoms with van der Waals surface area (Å²) in [6.45, 7) is 5.63. The molecule has 0 heterocycles. The molecule has 8 heavy (non-hydrogen) atoms. The molecule has 0 saturated carbocycles. The summed E-state index contributed by atoms with van der Waals surface area (Å²) in [6, 6.07) is 0. The topological polar surface area (TPSA) is 46.2 Å². The van der Waals surface area contributed by atoms with Crippen LogP contribution >= 0.6 is 0 Å². The molecule has 0 rings (SSSR count). The lowest BCUT2D eigenvalue weighted by Gasteiger charge is -2.04. The molecule has 0 fully saturated rings. The first-order chi connectivity index (χ1) is 3.66. The summed E-state index contributed by atoms with van der Waals surface area (Å²) in [5.74, 6) is 0.257. The largest absolute Gasteiger partial charge is 0.403 e. The minimum Gasteiger partial charge on any atom is -0.403 e. The molecule has 0 saturated heterocycles. The Hall–Kier alpha value is -0.500. The van der Waals surface area contributed by atoms with E-state index < -0.39 is 0 Å². The third-order valence-corrected chi connectivity index (χ3v) is 0.922. The van der Waals surface area contributed by atoms with E-state index in [2.05, 4.69) is 6.58 Å². The van der Waals surface area contributed by atoms with Crippen molar-refractivity contribution >= 4 is 0 Å². The number of rotatable bonds is 3. The van der Waals surface area contributed by atoms with E-state index in [1.165, 1.54) is 0 Å². The third kappa shape index (κ3) is 3.68. The Bertz CT molecular complexity index is 80.6. The summed E-state index contributed by atoms with van der Waals surface area (Å²) >= 11 is 0. The molecule has 2 nitrogen and oxygen atoms in total. The van der Waals surface area contributed by atoms with Crippen LogP contribution in [0.5, 0.6) is 0 Å². The molecule has 0 spiro atoms. The molecule has 1 atom stereocenters. The predicted molar refractivity (Wildman–Crippen MR) is 34.2 cm³/mol. The normalized spacial score (nSPS) is 13.2. The van der Waals surface area contributed by atoms with Crippen LogP contribution in [0.25, 0.3) is 0 Å². The molecule has 0 aliphatic carbocycles. The lowest BCUT2D eigenvalue weighted by atomic mass is 10.1. The molecule has 0 aliphatic rings. The average molecular weight is 115 g/mol. The van der Waals surface area contributed by atoms with Crippen molar-refractivity contribution in [1.82, 2.24) is 0 Å². The molecule has 0 amide bonds. The van der Waals surface area contributed by atoms with Gasteiger partial charge >= 0.3 is 0 Å². The first kappa shape index (κ1) is 7.50. The van der Waals surface area contributed by atoms with E-state index in [0.29, 0.717) is 5.70 Å². The van der Waals surface area contributed by atoms with E-state index in [1.54, 1.807) is 0 Å². The maximum atomic E-state index is 8.49. The Balaban J connectivity index is 3.24. The van der Waals surface area contributed by atoms with Crippen LogP contribution in [0.3, 0.4) is 0 Å². The summed E-state index contributed by atoms with van der Waals surface area (Å²) < 4.78 is 0. The minimum absolute atomic E-state index is 0.191. The zero-order valence-corrected chi connectivity index (χ0v) is 5.22. The molecule has 1 unspecified atom stereocenters. The van der Waals surface area contributed by atoms with Crippen molar-refractivity contribution < 1.29 is 5.11 Å². The smallest absolute Gasteiger partial charge is 0.0460 e.